The molecule has 2 aromatic rings. The molecule has 0 unspecified atom stereocenters. The summed E-state index contributed by atoms with van der Waals surface area (Å²) in [5, 5.41) is 2.65. The van der Waals surface area contributed by atoms with Gasteiger partial charge in [0.15, 0.2) is 0 Å². The summed E-state index contributed by atoms with van der Waals surface area (Å²) in [5.41, 5.74) is 1.53. The Balaban J connectivity index is 1.71. The maximum atomic E-state index is 5.83. The van der Waals surface area contributed by atoms with Crippen LogP contribution >= 0.6 is 0 Å². The molecule has 0 atom stereocenters. The number of benzene rings is 2. The molecule has 0 N–H and O–H groups in total. The molecule has 1 aliphatic carbocycles. The van der Waals surface area contributed by atoms with E-state index < -0.39 is 0 Å². The molecule has 0 spiro atoms. The van der Waals surface area contributed by atoms with Crippen molar-refractivity contribution < 1.29 is 4.74 Å². The topological polar surface area (TPSA) is 9.23 Å². The monoisotopic (exact) mass is 310 g/mol. The first kappa shape index (κ1) is 16.4. The smallest absolute Gasteiger partial charge is 0.119 e. The predicted molar refractivity (Wildman–Crippen MR) is 99.3 cm³/mol. The van der Waals surface area contributed by atoms with Crippen LogP contribution in [0.5, 0.6) is 5.75 Å². The van der Waals surface area contributed by atoms with Crippen LogP contribution in [-0.2, 0) is 0 Å². The van der Waals surface area contributed by atoms with Crippen LogP contribution < -0.4 is 4.74 Å². The van der Waals surface area contributed by atoms with Gasteiger partial charge in [-0.3, -0.25) is 0 Å². The van der Waals surface area contributed by atoms with E-state index >= 15 is 0 Å². The van der Waals surface area contributed by atoms with Gasteiger partial charge in [-0.15, -0.1) is 0 Å². The van der Waals surface area contributed by atoms with Crippen LogP contribution in [0.4, 0.5) is 0 Å². The van der Waals surface area contributed by atoms with Crippen molar-refractivity contribution in [3.63, 3.8) is 0 Å². The van der Waals surface area contributed by atoms with Crippen molar-refractivity contribution in [1.29, 1.82) is 0 Å². The van der Waals surface area contributed by atoms with Crippen molar-refractivity contribution in [2.24, 2.45) is 5.92 Å². The molecule has 0 aliphatic heterocycles. The van der Waals surface area contributed by atoms with E-state index in [9.17, 15) is 0 Å². The predicted octanol–water partition coefficient (Wildman–Crippen LogP) is 6.70. The first-order chi connectivity index (χ1) is 11.3. The molecule has 0 saturated heterocycles. The molecule has 2 aromatic carbocycles. The van der Waals surface area contributed by atoms with Crippen LogP contribution in [0.3, 0.4) is 0 Å². The molecule has 1 heteroatoms. The number of unbranched alkanes of at least 4 members (excludes halogenated alkanes) is 1. The van der Waals surface area contributed by atoms with Crippen LogP contribution in [-0.4, -0.2) is 6.61 Å². The number of rotatable bonds is 6. The molecule has 0 radical (unpaired) electrons. The Morgan fingerprint density at radius 3 is 2.39 bits per heavy atom. The lowest BCUT2D eigenvalue weighted by Crippen LogP contribution is -2.12. The van der Waals surface area contributed by atoms with E-state index in [4.69, 9.17) is 4.74 Å². The minimum Gasteiger partial charge on any atom is -0.494 e. The van der Waals surface area contributed by atoms with E-state index in [-0.39, 0.29) is 0 Å². The van der Waals surface area contributed by atoms with Gasteiger partial charge in [-0.1, -0.05) is 51.0 Å². The maximum Gasteiger partial charge on any atom is 0.119 e. The fourth-order valence-corrected chi connectivity index (χ4v) is 3.82. The summed E-state index contributed by atoms with van der Waals surface area (Å²) in [7, 11) is 0. The average Bonchev–Trinajstić information content (AvgIpc) is 2.61. The number of fused-ring (bicyclic) bond motifs is 1. The molecule has 1 fully saturated rings. The maximum absolute atomic E-state index is 5.83. The van der Waals surface area contributed by atoms with Gasteiger partial charge in [-0.2, -0.15) is 0 Å². The van der Waals surface area contributed by atoms with Crippen molar-refractivity contribution in [3.05, 3.63) is 42.0 Å². The molecule has 0 amide bonds. The highest BCUT2D eigenvalue weighted by atomic mass is 16.5. The Hall–Kier alpha value is -1.50. The average molecular weight is 310 g/mol. The highest BCUT2D eigenvalue weighted by Crippen LogP contribution is 2.38. The molecule has 124 valence electrons. The molecular formula is C22H30O. The zero-order valence-electron chi connectivity index (χ0n) is 14.7. The lowest BCUT2D eigenvalue weighted by atomic mass is 9.77. The Morgan fingerprint density at radius 1 is 0.913 bits per heavy atom. The summed E-state index contributed by atoms with van der Waals surface area (Å²) in [6, 6.07) is 13.6. The highest BCUT2D eigenvalue weighted by molar-refractivity contribution is 5.84. The fraction of sp³-hybridized carbons (Fsp3) is 0.545. The van der Waals surface area contributed by atoms with E-state index in [0.29, 0.717) is 0 Å². The van der Waals surface area contributed by atoms with Gasteiger partial charge in [-0.05, 0) is 72.4 Å². The van der Waals surface area contributed by atoms with Crippen LogP contribution in [0.1, 0.15) is 70.3 Å². The third kappa shape index (κ3) is 4.07. The van der Waals surface area contributed by atoms with Gasteiger partial charge in [0.25, 0.3) is 0 Å². The quantitative estimate of drug-likeness (QED) is 0.539. The van der Waals surface area contributed by atoms with Crippen molar-refractivity contribution in [2.45, 2.75) is 64.7 Å². The van der Waals surface area contributed by atoms with Gasteiger partial charge in [0.05, 0.1) is 6.61 Å². The van der Waals surface area contributed by atoms with Gasteiger partial charge in [0.2, 0.25) is 0 Å². The van der Waals surface area contributed by atoms with Gasteiger partial charge in [-0.25, -0.2) is 0 Å². The van der Waals surface area contributed by atoms with Crippen molar-refractivity contribution in [2.75, 3.05) is 6.61 Å². The van der Waals surface area contributed by atoms with E-state index in [1.165, 1.54) is 54.9 Å². The zero-order chi connectivity index (χ0) is 16.1. The molecule has 1 saturated carbocycles. The molecule has 23 heavy (non-hydrogen) atoms. The van der Waals surface area contributed by atoms with Crippen molar-refractivity contribution in [1.82, 2.24) is 0 Å². The lowest BCUT2D eigenvalue weighted by Gasteiger charge is -2.28. The Labute approximate surface area is 141 Å². The second-order valence-corrected chi connectivity index (χ2v) is 7.10. The Bertz CT molecular complexity index is 623. The van der Waals surface area contributed by atoms with E-state index in [0.717, 1.165) is 30.6 Å². The minimum atomic E-state index is 0.766. The van der Waals surface area contributed by atoms with Crippen LogP contribution in [0.2, 0.25) is 0 Å². The van der Waals surface area contributed by atoms with Crippen molar-refractivity contribution in [3.8, 4) is 5.75 Å². The van der Waals surface area contributed by atoms with Gasteiger partial charge in [0.1, 0.15) is 5.75 Å². The second-order valence-electron chi connectivity index (χ2n) is 7.10. The normalized spacial score (nSPS) is 21.5. The third-order valence-corrected chi connectivity index (χ3v) is 5.50. The molecular weight excluding hydrogens is 280 g/mol. The second kappa shape index (κ2) is 7.86. The van der Waals surface area contributed by atoms with Gasteiger partial charge in [0, 0.05) is 0 Å². The molecule has 1 nitrogen and oxygen atoms in total. The first-order valence-corrected chi connectivity index (χ1v) is 9.46. The lowest BCUT2D eigenvalue weighted by molar-refractivity contribution is 0.310. The highest BCUT2D eigenvalue weighted by Gasteiger charge is 2.21. The molecule has 3 rings (SSSR count). The zero-order valence-corrected chi connectivity index (χ0v) is 14.7. The van der Waals surface area contributed by atoms with E-state index in [2.05, 4.69) is 50.2 Å². The fourth-order valence-electron chi connectivity index (χ4n) is 3.82. The molecule has 0 bridgehead atoms. The summed E-state index contributed by atoms with van der Waals surface area (Å²) < 4.78 is 5.83. The Kier molecular flexibility index (Phi) is 5.59. The van der Waals surface area contributed by atoms with Crippen LogP contribution in [0.25, 0.3) is 10.8 Å². The largest absolute Gasteiger partial charge is 0.494 e. The summed E-state index contributed by atoms with van der Waals surface area (Å²) in [4.78, 5) is 0. The van der Waals surface area contributed by atoms with E-state index in [1.807, 2.05) is 0 Å². The molecule has 0 heterocycles. The Morgan fingerprint density at radius 2 is 1.65 bits per heavy atom. The van der Waals surface area contributed by atoms with Gasteiger partial charge >= 0.3 is 0 Å². The minimum absolute atomic E-state index is 0.766. The number of hydrogen-bond donors (Lipinski definition) is 0. The van der Waals surface area contributed by atoms with Crippen LogP contribution in [0, 0.1) is 5.92 Å². The van der Waals surface area contributed by atoms with Gasteiger partial charge < -0.3 is 4.74 Å². The van der Waals surface area contributed by atoms with Crippen molar-refractivity contribution >= 4 is 10.8 Å². The summed E-state index contributed by atoms with van der Waals surface area (Å²) in [5.74, 6) is 2.74. The van der Waals surface area contributed by atoms with Crippen LogP contribution in [0.15, 0.2) is 36.4 Å². The SMILES string of the molecule is CCCCOc1ccc2cc([C@H]3CC[C@H](CC)CC3)ccc2c1. The summed E-state index contributed by atoms with van der Waals surface area (Å²) in [6.45, 7) is 5.35. The summed E-state index contributed by atoms with van der Waals surface area (Å²) >= 11 is 0. The summed E-state index contributed by atoms with van der Waals surface area (Å²) in [6.07, 6.45) is 9.19. The number of hydrogen-bond acceptors (Lipinski definition) is 1. The standard InChI is InChI=1S/C22H30O/c1-3-5-14-23-22-13-12-20-15-19(10-11-21(20)16-22)18-8-6-17(4-2)7-9-18/h10-13,15-18H,3-9,14H2,1-2H3/t17-,18-. The molecule has 1 aliphatic rings. The van der Waals surface area contributed by atoms with E-state index in [1.54, 1.807) is 0 Å². The third-order valence-electron chi connectivity index (χ3n) is 5.50. The first-order valence-electron chi connectivity index (χ1n) is 9.46. The number of ether oxygens (including phenoxy) is 1. The molecule has 0 aromatic heterocycles.